The second kappa shape index (κ2) is 7.30. The molecule has 0 unspecified atom stereocenters. The quantitative estimate of drug-likeness (QED) is 0.792. The van der Waals surface area contributed by atoms with E-state index in [1.54, 1.807) is 0 Å². The molecule has 0 saturated heterocycles. The summed E-state index contributed by atoms with van der Waals surface area (Å²) in [4.78, 5) is 7.75. The van der Waals surface area contributed by atoms with Crippen LogP contribution in [0, 0.1) is 5.92 Å². The van der Waals surface area contributed by atoms with E-state index in [1.165, 1.54) is 32.1 Å². The van der Waals surface area contributed by atoms with E-state index in [0.29, 0.717) is 11.2 Å². The molecule has 4 heteroatoms. The average Bonchev–Trinajstić information content (AvgIpc) is 3.03. The number of unbranched alkanes of at least 4 members (excludes halogenated alkanes) is 1. The molecule has 0 bridgehead atoms. The van der Waals surface area contributed by atoms with Crippen LogP contribution in [-0.4, -0.2) is 16.0 Å². The summed E-state index contributed by atoms with van der Waals surface area (Å²) in [5, 5.41) is 4.23. The first-order valence-corrected chi connectivity index (χ1v) is 8.05. The highest BCUT2D eigenvalue weighted by molar-refractivity contribution is 6.30. The smallest absolute Gasteiger partial charge is 0.151 e. The zero-order chi connectivity index (χ0) is 13.7. The number of hydrogen-bond donors (Lipinski definition) is 2. The van der Waals surface area contributed by atoms with E-state index in [2.05, 4.69) is 29.1 Å². The molecule has 1 fully saturated rings. The fraction of sp³-hybridized carbons (Fsp3) is 0.800. The number of nitrogens with zero attached hydrogens (tertiary/aromatic N) is 1. The Bertz CT molecular complexity index is 383. The number of nitrogens with one attached hydrogen (secondary N) is 2. The molecule has 0 aliphatic heterocycles. The number of aryl methyl sites for hydroxylation is 1. The fourth-order valence-electron chi connectivity index (χ4n) is 2.91. The molecule has 0 amide bonds. The second-order valence-corrected chi connectivity index (χ2v) is 6.13. The van der Waals surface area contributed by atoms with Gasteiger partial charge in [0.2, 0.25) is 0 Å². The molecule has 1 aliphatic rings. The van der Waals surface area contributed by atoms with Crippen molar-refractivity contribution in [1.29, 1.82) is 0 Å². The van der Waals surface area contributed by atoms with Crippen LogP contribution in [0.4, 0.5) is 0 Å². The van der Waals surface area contributed by atoms with E-state index in [0.717, 1.165) is 36.8 Å². The van der Waals surface area contributed by atoms with E-state index < -0.39 is 0 Å². The summed E-state index contributed by atoms with van der Waals surface area (Å²) in [6.45, 7) is 5.28. The standard InChI is InChI=1S/C15H26ClN3/c1-3-4-9-14-18-13(15(16)19-14)10-17-11(2)12-7-5-6-8-12/h11-12,17H,3-10H2,1-2H3,(H,18,19)/t11-/m1/s1. The maximum absolute atomic E-state index is 6.18. The zero-order valence-corrected chi connectivity index (χ0v) is 12.9. The number of aromatic nitrogens is 2. The van der Waals surface area contributed by atoms with Gasteiger partial charge in [-0.25, -0.2) is 4.98 Å². The van der Waals surface area contributed by atoms with E-state index in [-0.39, 0.29) is 0 Å². The third-order valence-electron chi connectivity index (χ3n) is 4.25. The predicted octanol–water partition coefficient (Wildman–Crippen LogP) is 4.07. The third-order valence-corrected chi connectivity index (χ3v) is 4.56. The van der Waals surface area contributed by atoms with Gasteiger partial charge in [-0.15, -0.1) is 0 Å². The zero-order valence-electron chi connectivity index (χ0n) is 12.1. The van der Waals surface area contributed by atoms with Crippen LogP contribution >= 0.6 is 11.6 Å². The molecule has 1 atom stereocenters. The van der Waals surface area contributed by atoms with Gasteiger partial charge in [0.05, 0.1) is 5.69 Å². The lowest BCUT2D eigenvalue weighted by molar-refractivity contribution is 0.379. The molecule has 2 rings (SSSR count). The Labute approximate surface area is 121 Å². The van der Waals surface area contributed by atoms with Gasteiger partial charge in [0, 0.05) is 19.0 Å². The van der Waals surface area contributed by atoms with Crippen molar-refractivity contribution in [3.05, 3.63) is 16.7 Å². The molecule has 108 valence electrons. The minimum Gasteiger partial charge on any atom is -0.344 e. The Hall–Kier alpha value is -0.540. The predicted molar refractivity (Wildman–Crippen MR) is 80.5 cm³/mol. The maximum atomic E-state index is 6.18. The Morgan fingerprint density at radius 2 is 2.16 bits per heavy atom. The largest absolute Gasteiger partial charge is 0.344 e. The van der Waals surface area contributed by atoms with Crippen LogP contribution in [0.1, 0.15) is 63.9 Å². The van der Waals surface area contributed by atoms with Gasteiger partial charge in [-0.2, -0.15) is 0 Å². The summed E-state index contributed by atoms with van der Waals surface area (Å²) in [5.41, 5.74) is 1.04. The van der Waals surface area contributed by atoms with Gasteiger partial charge >= 0.3 is 0 Å². The number of halogens is 1. The third kappa shape index (κ3) is 4.22. The van der Waals surface area contributed by atoms with Crippen LogP contribution in [0.3, 0.4) is 0 Å². The van der Waals surface area contributed by atoms with Gasteiger partial charge in [-0.05, 0) is 32.1 Å². The van der Waals surface area contributed by atoms with E-state index in [4.69, 9.17) is 11.6 Å². The molecule has 1 aromatic heterocycles. The Morgan fingerprint density at radius 1 is 1.42 bits per heavy atom. The number of rotatable bonds is 7. The molecule has 0 aromatic carbocycles. The van der Waals surface area contributed by atoms with Gasteiger partial charge in [0.1, 0.15) is 5.82 Å². The lowest BCUT2D eigenvalue weighted by atomic mass is 10.00. The topological polar surface area (TPSA) is 40.7 Å². The highest BCUT2D eigenvalue weighted by atomic mass is 35.5. The maximum Gasteiger partial charge on any atom is 0.151 e. The van der Waals surface area contributed by atoms with Gasteiger partial charge in [0.15, 0.2) is 5.15 Å². The molecule has 1 heterocycles. The van der Waals surface area contributed by atoms with Gasteiger partial charge in [0.25, 0.3) is 0 Å². The molecule has 1 aromatic rings. The van der Waals surface area contributed by atoms with E-state index >= 15 is 0 Å². The van der Waals surface area contributed by atoms with Crippen molar-refractivity contribution in [2.75, 3.05) is 0 Å². The fourth-order valence-corrected chi connectivity index (χ4v) is 3.12. The first-order valence-electron chi connectivity index (χ1n) is 7.67. The molecule has 0 spiro atoms. The van der Waals surface area contributed by atoms with Crippen LogP contribution in [0.2, 0.25) is 5.15 Å². The van der Waals surface area contributed by atoms with Crippen molar-refractivity contribution in [1.82, 2.24) is 15.3 Å². The number of imidazole rings is 1. The van der Waals surface area contributed by atoms with Crippen LogP contribution in [0.5, 0.6) is 0 Å². The normalized spacial score (nSPS) is 18.1. The Morgan fingerprint density at radius 3 is 2.84 bits per heavy atom. The number of aromatic amines is 1. The molecule has 0 radical (unpaired) electrons. The number of H-pyrrole nitrogens is 1. The van der Waals surface area contributed by atoms with Gasteiger partial charge < -0.3 is 10.3 Å². The van der Waals surface area contributed by atoms with Gasteiger partial charge in [-0.3, -0.25) is 0 Å². The molecule has 19 heavy (non-hydrogen) atoms. The first kappa shape index (κ1) is 14.9. The SMILES string of the molecule is CCCCc1nc(Cl)c(CN[C@H](C)C2CCCC2)[nH]1. The lowest BCUT2D eigenvalue weighted by Crippen LogP contribution is -2.31. The molecule has 3 nitrogen and oxygen atoms in total. The summed E-state index contributed by atoms with van der Waals surface area (Å²) in [6, 6.07) is 0.570. The van der Waals surface area contributed by atoms with Crippen LogP contribution in [-0.2, 0) is 13.0 Å². The highest BCUT2D eigenvalue weighted by Gasteiger charge is 2.21. The van der Waals surface area contributed by atoms with Crippen molar-refractivity contribution >= 4 is 11.6 Å². The van der Waals surface area contributed by atoms with E-state index in [9.17, 15) is 0 Å². The van der Waals surface area contributed by atoms with Crippen LogP contribution in [0.25, 0.3) is 0 Å². The van der Waals surface area contributed by atoms with Crippen LogP contribution < -0.4 is 5.32 Å². The minimum absolute atomic E-state index is 0.570. The monoisotopic (exact) mass is 283 g/mol. The summed E-state index contributed by atoms with van der Waals surface area (Å²) in [5.74, 6) is 1.86. The molecule has 1 aliphatic carbocycles. The summed E-state index contributed by atoms with van der Waals surface area (Å²) < 4.78 is 0. The summed E-state index contributed by atoms with van der Waals surface area (Å²) >= 11 is 6.18. The average molecular weight is 284 g/mol. The first-order chi connectivity index (χ1) is 9.20. The van der Waals surface area contributed by atoms with Crippen molar-refractivity contribution in [3.63, 3.8) is 0 Å². The molecule has 2 N–H and O–H groups in total. The summed E-state index contributed by atoms with van der Waals surface area (Å²) in [7, 11) is 0. The van der Waals surface area contributed by atoms with Crippen LogP contribution in [0.15, 0.2) is 0 Å². The second-order valence-electron chi connectivity index (χ2n) is 5.77. The number of hydrogen-bond acceptors (Lipinski definition) is 2. The molecular formula is C15H26ClN3. The van der Waals surface area contributed by atoms with Crippen molar-refractivity contribution in [3.8, 4) is 0 Å². The van der Waals surface area contributed by atoms with Crippen molar-refractivity contribution < 1.29 is 0 Å². The van der Waals surface area contributed by atoms with Crippen molar-refractivity contribution in [2.45, 2.75) is 71.4 Å². The van der Waals surface area contributed by atoms with Gasteiger partial charge in [-0.1, -0.05) is 37.8 Å². The summed E-state index contributed by atoms with van der Waals surface area (Å²) in [6.07, 6.45) is 8.86. The Kier molecular flexibility index (Phi) is 5.71. The van der Waals surface area contributed by atoms with Crippen molar-refractivity contribution in [2.24, 2.45) is 5.92 Å². The highest BCUT2D eigenvalue weighted by Crippen LogP contribution is 2.27. The Balaban J connectivity index is 1.82. The lowest BCUT2D eigenvalue weighted by Gasteiger charge is -2.19. The molecular weight excluding hydrogens is 258 g/mol. The minimum atomic E-state index is 0.570. The molecule has 1 saturated carbocycles. The van der Waals surface area contributed by atoms with E-state index in [1.807, 2.05) is 0 Å².